The normalized spacial score (nSPS) is 13.0. The second kappa shape index (κ2) is 5.62. The number of nitrogens with two attached hydrogens (primary N) is 1. The van der Waals surface area contributed by atoms with Crippen LogP contribution in [0, 0.1) is 6.92 Å². The highest BCUT2D eigenvalue weighted by Gasteiger charge is 2.19. The summed E-state index contributed by atoms with van der Waals surface area (Å²) in [5, 5.41) is 0.547. The summed E-state index contributed by atoms with van der Waals surface area (Å²) in [5.74, 6) is 0.999. The zero-order chi connectivity index (χ0) is 15.0. The summed E-state index contributed by atoms with van der Waals surface area (Å²) >= 11 is 11.3. The predicted octanol–water partition coefficient (Wildman–Crippen LogP) is 3.96. The van der Waals surface area contributed by atoms with Crippen LogP contribution in [-0.2, 0) is 12.8 Å². The van der Waals surface area contributed by atoms with Crippen molar-refractivity contribution in [2.45, 2.75) is 26.2 Å². The third kappa shape index (κ3) is 2.87. The summed E-state index contributed by atoms with van der Waals surface area (Å²) in [4.78, 5) is 4.87. The summed E-state index contributed by atoms with van der Waals surface area (Å²) < 4.78 is 5.87. The molecule has 3 rings (SSSR count). The average molecular weight is 319 g/mol. The maximum Gasteiger partial charge on any atom is 0.229 e. The van der Waals surface area contributed by atoms with Crippen molar-refractivity contribution >= 4 is 28.8 Å². The maximum atomic E-state index is 6.21. The minimum atomic E-state index is 0.287. The Kier molecular flexibility index (Phi) is 3.83. The topological polar surface area (TPSA) is 48.1 Å². The van der Waals surface area contributed by atoms with Gasteiger partial charge < -0.3 is 10.5 Å². The van der Waals surface area contributed by atoms with Gasteiger partial charge in [0.25, 0.3) is 0 Å². The van der Waals surface area contributed by atoms with Gasteiger partial charge in [0.1, 0.15) is 10.7 Å². The Bertz CT molecular complexity index is 730. The number of nitrogens with zero attached hydrogens (tertiary/aromatic N) is 1. The fourth-order valence-electron chi connectivity index (χ4n) is 2.50. The third-order valence-corrected chi connectivity index (χ3v) is 4.09. The molecule has 2 N–H and O–H groups in total. The summed E-state index contributed by atoms with van der Waals surface area (Å²) in [6.45, 7) is 1.98. The molecule has 0 radical (unpaired) electrons. The Balaban J connectivity index is 2.03. The number of halogens is 1. The van der Waals surface area contributed by atoms with Crippen molar-refractivity contribution < 1.29 is 4.74 Å². The number of aryl methyl sites for hydroxylation is 3. The van der Waals surface area contributed by atoms with Crippen LogP contribution in [0.4, 0.5) is 0 Å². The SMILES string of the molecule is Cc1ccc(Oc2nc3c(cc2C(N)=S)CCC3)c(Cl)c1. The number of hydrogen-bond acceptors (Lipinski definition) is 3. The molecule has 0 saturated carbocycles. The lowest BCUT2D eigenvalue weighted by Crippen LogP contribution is -2.13. The van der Waals surface area contributed by atoms with Crippen LogP contribution in [0.1, 0.15) is 28.8 Å². The minimum absolute atomic E-state index is 0.287. The van der Waals surface area contributed by atoms with E-state index < -0.39 is 0 Å². The lowest BCUT2D eigenvalue weighted by molar-refractivity contribution is 0.460. The van der Waals surface area contributed by atoms with Gasteiger partial charge in [-0.05, 0) is 55.5 Å². The van der Waals surface area contributed by atoms with Crippen LogP contribution in [0.3, 0.4) is 0 Å². The molecule has 0 bridgehead atoms. The number of fused-ring (bicyclic) bond motifs is 1. The molecule has 5 heteroatoms. The Morgan fingerprint density at radius 2 is 2.14 bits per heavy atom. The minimum Gasteiger partial charge on any atom is -0.437 e. The quantitative estimate of drug-likeness (QED) is 0.870. The first-order valence-corrected chi connectivity index (χ1v) is 7.60. The first kappa shape index (κ1) is 14.3. The van der Waals surface area contributed by atoms with E-state index in [1.54, 1.807) is 0 Å². The van der Waals surface area contributed by atoms with Gasteiger partial charge in [-0.3, -0.25) is 0 Å². The highest BCUT2D eigenvalue weighted by atomic mass is 35.5. The van der Waals surface area contributed by atoms with E-state index in [1.165, 1.54) is 5.56 Å². The first-order chi connectivity index (χ1) is 10.0. The number of benzene rings is 1. The Hall–Kier alpha value is -1.65. The molecule has 1 aliphatic carbocycles. The maximum absolute atomic E-state index is 6.21. The zero-order valence-corrected chi connectivity index (χ0v) is 13.2. The van der Waals surface area contributed by atoms with Gasteiger partial charge in [-0.2, -0.15) is 0 Å². The van der Waals surface area contributed by atoms with Crippen molar-refractivity contribution in [2.24, 2.45) is 5.73 Å². The molecule has 2 aromatic rings. The molecule has 0 unspecified atom stereocenters. The molecule has 0 spiro atoms. The zero-order valence-electron chi connectivity index (χ0n) is 11.6. The van der Waals surface area contributed by atoms with E-state index in [9.17, 15) is 0 Å². The summed E-state index contributed by atoms with van der Waals surface area (Å²) in [7, 11) is 0. The molecule has 3 nitrogen and oxygen atoms in total. The number of rotatable bonds is 3. The Morgan fingerprint density at radius 1 is 1.33 bits per heavy atom. The number of aromatic nitrogens is 1. The van der Waals surface area contributed by atoms with Crippen LogP contribution < -0.4 is 10.5 Å². The molecule has 1 aliphatic rings. The van der Waals surface area contributed by atoms with Gasteiger partial charge >= 0.3 is 0 Å². The number of thiocarbonyl (C=S) groups is 1. The van der Waals surface area contributed by atoms with Crippen LogP contribution in [0.2, 0.25) is 5.02 Å². The van der Waals surface area contributed by atoms with E-state index in [1.807, 2.05) is 31.2 Å². The highest BCUT2D eigenvalue weighted by Crippen LogP contribution is 2.33. The lowest BCUT2D eigenvalue weighted by Gasteiger charge is -2.13. The van der Waals surface area contributed by atoms with Gasteiger partial charge in [0, 0.05) is 5.69 Å². The molecule has 1 aromatic carbocycles. The van der Waals surface area contributed by atoms with Crippen LogP contribution in [-0.4, -0.2) is 9.97 Å². The average Bonchev–Trinajstić information content (AvgIpc) is 2.88. The van der Waals surface area contributed by atoms with E-state index >= 15 is 0 Å². The van der Waals surface area contributed by atoms with Crippen molar-refractivity contribution in [3.05, 3.63) is 51.7 Å². The molecule has 0 saturated heterocycles. The van der Waals surface area contributed by atoms with E-state index in [2.05, 4.69) is 4.98 Å². The molecule has 1 aromatic heterocycles. The van der Waals surface area contributed by atoms with Gasteiger partial charge in [-0.25, -0.2) is 4.98 Å². The van der Waals surface area contributed by atoms with E-state index in [0.717, 1.165) is 30.5 Å². The molecule has 1 heterocycles. The fraction of sp³-hybridized carbons (Fsp3) is 0.250. The number of ether oxygens (including phenoxy) is 1. The molecule has 0 atom stereocenters. The van der Waals surface area contributed by atoms with Gasteiger partial charge in [0.15, 0.2) is 0 Å². The lowest BCUT2D eigenvalue weighted by atomic mass is 10.1. The monoisotopic (exact) mass is 318 g/mol. The van der Waals surface area contributed by atoms with E-state index in [0.29, 0.717) is 22.2 Å². The van der Waals surface area contributed by atoms with Crippen molar-refractivity contribution in [2.75, 3.05) is 0 Å². The second-order valence-electron chi connectivity index (χ2n) is 5.20. The molecule has 21 heavy (non-hydrogen) atoms. The van der Waals surface area contributed by atoms with Crippen LogP contribution >= 0.6 is 23.8 Å². The van der Waals surface area contributed by atoms with Crippen molar-refractivity contribution in [3.8, 4) is 11.6 Å². The molecule has 0 fully saturated rings. The highest BCUT2D eigenvalue weighted by molar-refractivity contribution is 7.80. The van der Waals surface area contributed by atoms with Crippen molar-refractivity contribution in [3.63, 3.8) is 0 Å². The van der Waals surface area contributed by atoms with Gasteiger partial charge in [-0.1, -0.05) is 29.9 Å². The van der Waals surface area contributed by atoms with Crippen LogP contribution in [0.15, 0.2) is 24.3 Å². The smallest absolute Gasteiger partial charge is 0.229 e. The standard InChI is InChI=1S/C16H15ClN2OS/c1-9-5-6-14(12(17)7-9)20-16-11(15(18)21)8-10-3-2-4-13(10)19-16/h5-8H,2-4H2,1H3,(H2,18,21). The van der Waals surface area contributed by atoms with Crippen LogP contribution in [0.5, 0.6) is 11.6 Å². The van der Waals surface area contributed by atoms with Gasteiger partial charge in [-0.15, -0.1) is 0 Å². The summed E-state index contributed by atoms with van der Waals surface area (Å²) in [6, 6.07) is 7.62. The molecule has 108 valence electrons. The molecular weight excluding hydrogens is 304 g/mol. The second-order valence-corrected chi connectivity index (χ2v) is 6.05. The van der Waals surface area contributed by atoms with Crippen molar-refractivity contribution in [1.82, 2.24) is 4.98 Å². The largest absolute Gasteiger partial charge is 0.437 e. The third-order valence-electron chi connectivity index (χ3n) is 3.58. The fourth-order valence-corrected chi connectivity index (χ4v) is 2.92. The number of hydrogen-bond donors (Lipinski definition) is 1. The summed E-state index contributed by atoms with van der Waals surface area (Å²) in [5.41, 5.74) is 9.82. The van der Waals surface area contributed by atoms with E-state index in [4.69, 9.17) is 34.3 Å². The van der Waals surface area contributed by atoms with E-state index in [-0.39, 0.29) is 4.99 Å². The Labute approximate surface area is 134 Å². The first-order valence-electron chi connectivity index (χ1n) is 6.81. The summed E-state index contributed by atoms with van der Waals surface area (Å²) in [6.07, 6.45) is 3.09. The Morgan fingerprint density at radius 3 is 2.86 bits per heavy atom. The predicted molar refractivity (Wildman–Crippen MR) is 88.4 cm³/mol. The molecule has 0 aliphatic heterocycles. The number of pyridine rings is 1. The van der Waals surface area contributed by atoms with Crippen LogP contribution in [0.25, 0.3) is 0 Å². The van der Waals surface area contributed by atoms with Crippen molar-refractivity contribution in [1.29, 1.82) is 0 Å². The van der Waals surface area contributed by atoms with Gasteiger partial charge in [0.2, 0.25) is 5.88 Å². The van der Waals surface area contributed by atoms with Gasteiger partial charge in [0.05, 0.1) is 10.6 Å². The molecule has 0 amide bonds. The molecular formula is C16H15ClN2OS.